The van der Waals surface area contributed by atoms with E-state index in [0.29, 0.717) is 6.54 Å². The molecule has 0 aromatic carbocycles. The highest BCUT2D eigenvalue weighted by Crippen LogP contribution is 2.40. The Labute approximate surface area is 74.1 Å². The van der Waals surface area contributed by atoms with Crippen molar-refractivity contribution in [1.29, 1.82) is 0 Å². The van der Waals surface area contributed by atoms with Gasteiger partial charge in [0.25, 0.3) is 0 Å². The Morgan fingerprint density at radius 1 is 1.83 bits per heavy atom. The minimum atomic E-state index is -1.01. The summed E-state index contributed by atoms with van der Waals surface area (Å²) in [6.45, 7) is 0.356. The summed E-state index contributed by atoms with van der Waals surface area (Å²) in [5, 5.41) is 10.2. The Bertz CT molecular complexity index is 257. The topological polar surface area (TPSA) is 63.0 Å². The second-order valence-electron chi connectivity index (χ2n) is 2.83. The van der Waals surface area contributed by atoms with Crippen LogP contribution in [0.25, 0.3) is 0 Å². The van der Waals surface area contributed by atoms with E-state index >= 15 is 0 Å². The van der Waals surface area contributed by atoms with Gasteiger partial charge < -0.3 is 10.1 Å². The molecule has 0 radical (unpaired) electrons. The number of amides is 1. The average Bonchev–Trinajstić information content (AvgIpc) is 2.51. The Kier molecular flexibility index (Phi) is 1.59. The van der Waals surface area contributed by atoms with Gasteiger partial charge in [-0.2, -0.15) is 10.2 Å². The highest BCUT2D eigenvalue weighted by atomic mass is 35.5. The van der Waals surface area contributed by atoms with Gasteiger partial charge in [-0.1, -0.05) is 11.6 Å². The summed E-state index contributed by atoms with van der Waals surface area (Å²) in [5.41, 5.74) is 0. The van der Waals surface area contributed by atoms with E-state index < -0.39 is 11.2 Å². The number of nitrogens with one attached hydrogen (secondary N) is 1. The molecule has 0 aromatic rings. The molecule has 6 heteroatoms. The Hall–Kier alpha value is -0.680. The SMILES string of the molecule is CO[C@@H]1NC(=O)[C@H]2CN=N[C@]21Cl. The first-order valence-electron chi connectivity index (χ1n) is 3.59. The van der Waals surface area contributed by atoms with Gasteiger partial charge in [0.1, 0.15) is 5.92 Å². The highest BCUT2D eigenvalue weighted by molar-refractivity contribution is 6.27. The van der Waals surface area contributed by atoms with E-state index in [1.54, 1.807) is 0 Å². The van der Waals surface area contributed by atoms with Crippen LogP contribution in [0.2, 0.25) is 0 Å². The van der Waals surface area contributed by atoms with Gasteiger partial charge in [-0.15, -0.1) is 0 Å². The third-order valence-electron chi connectivity index (χ3n) is 2.17. The van der Waals surface area contributed by atoms with Crippen molar-refractivity contribution < 1.29 is 9.53 Å². The lowest BCUT2D eigenvalue weighted by atomic mass is 10.0. The number of ether oxygens (including phenoxy) is 1. The molecule has 2 aliphatic rings. The van der Waals surface area contributed by atoms with E-state index in [2.05, 4.69) is 15.5 Å². The molecule has 1 saturated heterocycles. The second kappa shape index (κ2) is 2.40. The molecule has 2 rings (SSSR count). The predicted molar refractivity (Wildman–Crippen MR) is 40.7 cm³/mol. The van der Waals surface area contributed by atoms with Crippen molar-refractivity contribution in [2.75, 3.05) is 13.7 Å². The first-order valence-corrected chi connectivity index (χ1v) is 3.97. The summed E-state index contributed by atoms with van der Waals surface area (Å²) in [6, 6.07) is 0. The van der Waals surface area contributed by atoms with Crippen LogP contribution in [0.15, 0.2) is 10.2 Å². The van der Waals surface area contributed by atoms with Crippen LogP contribution in [0.5, 0.6) is 0 Å². The fourth-order valence-electron chi connectivity index (χ4n) is 1.49. The number of carbonyl (C=O) groups excluding carboxylic acids is 1. The molecule has 1 N–H and O–H groups in total. The first kappa shape index (κ1) is 7.94. The number of hydrogen-bond acceptors (Lipinski definition) is 4. The van der Waals surface area contributed by atoms with Crippen LogP contribution in [0.4, 0.5) is 0 Å². The largest absolute Gasteiger partial charge is 0.358 e. The van der Waals surface area contributed by atoms with Crippen LogP contribution in [0.3, 0.4) is 0 Å². The molecule has 1 fully saturated rings. The van der Waals surface area contributed by atoms with Crippen molar-refractivity contribution in [3.05, 3.63) is 0 Å². The van der Waals surface area contributed by atoms with Gasteiger partial charge in [0.15, 0.2) is 6.23 Å². The van der Waals surface area contributed by atoms with E-state index in [4.69, 9.17) is 16.3 Å². The van der Waals surface area contributed by atoms with E-state index in [1.807, 2.05) is 0 Å². The summed E-state index contributed by atoms with van der Waals surface area (Å²) in [5.74, 6) is -0.508. The van der Waals surface area contributed by atoms with Gasteiger partial charge in [-0.3, -0.25) is 4.79 Å². The van der Waals surface area contributed by atoms with Crippen molar-refractivity contribution >= 4 is 17.5 Å². The number of carbonyl (C=O) groups is 1. The van der Waals surface area contributed by atoms with Crippen molar-refractivity contribution in [2.45, 2.75) is 11.2 Å². The zero-order chi connectivity index (χ0) is 8.77. The van der Waals surface area contributed by atoms with E-state index in [-0.39, 0.29) is 11.8 Å². The van der Waals surface area contributed by atoms with Crippen LogP contribution >= 0.6 is 11.6 Å². The van der Waals surface area contributed by atoms with Crippen molar-refractivity contribution in [3.8, 4) is 0 Å². The molecule has 0 unspecified atom stereocenters. The molecule has 1 amide bonds. The Morgan fingerprint density at radius 3 is 3.25 bits per heavy atom. The highest BCUT2D eigenvalue weighted by Gasteiger charge is 2.58. The van der Waals surface area contributed by atoms with Gasteiger partial charge in [-0.05, 0) is 0 Å². The quantitative estimate of drug-likeness (QED) is 0.470. The zero-order valence-corrected chi connectivity index (χ0v) is 7.21. The maximum Gasteiger partial charge on any atom is 0.231 e. The molecule has 3 atom stereocenters. The number of fused-ring (bicyclic) bond motifs is 1. The lowest BCUT2D eigenvalue weighted by molar-refractivity contribution is -0.123. The summed E-state index contributed by atoms with van der Waals surface area (Å²) < 4.78 is 4.98. The number of azo groups is 1. The van der Waals surface area contributed by atoms with Crippen LogP contribution in [0.1, 0.15) is 0 Å². The van der Waals surface area contributed by atoms with Crippen molar-refractivity contribution in [1.82, 2.24) is 5.32 Å². The second-order valence-corrected chi connectivity index (χ2v) is 3.43. The molecular weight excluding hydrogens is 182 g/mol. The summed E-state index contributed by atoms with van der Waals surface area (Å²) in [7, 11) is 1.48. The minimum absolute atomic E-state index is 0.137. The van der Waals surface area contributed by atoms with Gasteiger partial charge in [0, 0.05) is 7.11 Å². The van der Waals surface area contributed by atoms with Crippen LogP contribution in [0, 0.1) is 5.92 Å². The minimum Gasteiger partial charge on any atom is -0.358 e. The van der Waals surface area contributed by atoms with Crippen LogP contribution in [-0.2, 0) is 9.53 Å². The average molecular weight is 190 g/mol. The molecular formula is C6H8ClN3O2. The lowest BCUT2D eigenvalue weighted by Gasteiger charge is -2.20. The molecule has 0 aliphatic carbocycles. The third kappa shape index (κ3) is 0.804. The third-order valence-corrected chi connectivity index (χ3v) is 2.71. The lowest BCUT2D eigenvalue weighted by Crippen LogP contribution is -2.39. The number of rotatable bonds is 1. The molecule has 0 aromatic heterocycles. The molecule has 2 aliphatic heterocycles. The van der Waals surface area contributed by atoms with E-state index in [0.717, 1.165) is 0 Å². The maximum absolute atomic E-state index is 11.2. The van der Waals surface area contributed by atoms with Crippen molar-refractivity contribution in [2.24, 2.45) is 16.1 Å². The van der Waals surface area contributed by atoms with Crippen LogP contribution < -0.4 is 5.32 Å². The molecule has 0 spiro atoms. The molecule has 12 heavy (non-hydrogen) atoms. The number of nitrogens with zero attached hydrogens (tertiary/aromatic N) is 2. The molecule has 0 bridgehead atoms. The number of methoxy groups -OCH3 is 1. The standard InChI is InChI=1S/C6H8ClN3O2/c1-12-5-6(7)3(2-8-10-6)4(11)9-5/h3,5H,2H2,1H3,(H,9,11)/t3-,5+,6-/m1/s1. The number of halogens is 1. The van der Waals surface area contributed by atoms with Crippen LogP contribution in [-0.4, -0.2) is 30.8 Å². The summed E-state index contributed by atoms with van der Waals surface area (Å²) in [6.07, 6.45) is -0.553. The monoisotopic (exact) mass is 189 g/mol. The Balaban J connectivity index is 2.33. The molecule has 5 nitrogen and oxygen atoms in total. The number of hydrogen-bond donors (Lipinski definition) is 1. The van der Waals surface area contributed by atoms with Gasteiger partial charge in [0.2, 0.25) is 10.9 Å². The van der Waals surface area contributed by atoms with Crippen molar-refractivity contribution in [3.63, 3.8) is 0 Å². The fraction of sp³-hybridized carbons (Fsp3) is 0.833. The normalized spacial score (nSPS) is 44.7. The van der Waals surface area contributed by atoms with Gasteiger partial charge in [0.05, 0.1) is 6.54 Å². The maximum atomic E-state index is 11.2. The first-order chi connectivity index (χ1) is 5.68. The van der Waals surface area contributed by atoms with E-state index in [1.165, 1.54) is 7.11 Å². The number of alkyl halides is 1. The fourth-order valence-corrected chi connectivity index (χ4v) is 1.85. The smallest absolute Gasteiger partial charge is 0.231 e. The Morgan fingerprint density at radius 2 is 2.58 bits per heavy atom. The zero-order valence-electron chi connectivity index (χ0n) is 6.45. The van der Waals surface area contributed by atoms with Gasteiger partial charge in [-0.25, -0.2) is 0 Å². The molecule has 2 heterocycles. The molecule has 66 valence electrons. The summed E-state index contributed by atoms with van der Waals surface area (Å²) in [4.78, 5) is 10.2. The molecule has 0 saturated carbocycles. The predicted octanol–water partition coefficient (Wildman–Crippen LogP) is 0.106. The summed E-state index contributed by atoms with van der Waals surface area (Å²) >= 11 is 6.06. The van der Waals surface area contributed by atoms with Gasteiger partial charge >= 0.3 is 0 Å². The van der Waals surface area contributed by atoms with E-state index in [9.17, 15) is 4.79 Å².